The summed E-state index contributed by atoms with van der Waals surface area (Å²) in [5.74, 6) is -4.23. The standard InChI is InChI=1S/C28H21N3O7/c32-21(29-15-6-5-7-16(12-15)31(36)37)14-38-22(33)13-30-27(34)25-23-17-8-1-2-9-18(17)24(26(25)28(30)35)20-11-4-3-10-19(20)23/h1-12,23-26H,13-14H2,(H,29,32)/t23?,24?,25-,26+. The number of benzene rings is 3. The van der Waals surface area contributed by atoms with Crippen molar-refractivity contribution in [3.05, 3.63) is 105 Å². The van der Waals surface area contributed by atoms with E-state index in [4.69, 9.17) is 4.74 Å². The number of nitrogens with zero attached hydrogens (tertiary/aromatic N) is 2. The van der Waals surface area contributed by atoms with E-state index in [2.05, 4.69) is 5.32 Å². The van der Waals surface area contributed by atoms with E-state index in [0.29, 0.717) is 0 Å². The fourth-order valence-electron chi connectivity index (χ4n) is 6.11. The smallest absolute Gasteiger partial charge is 0.326 e. The van der Waals surface area contributed by atoms with Crippen LogP contribution in [0.25, 0.3) is 0 Å². The van der Waals surface area contributed by atoms with E-state index in [9.17, 15) is 29.3 Å². The second-order valence-corrected chi connectivity index (χ2v) is 9.54. The van der Waals surface area contributed by atoms with Crippen molar-refractivity contribution in [3.8, 4) is 0 Å². The Morgan fingerprint density at radius 2 is 1.37 bits per heavy atom. The summed E-state index contributed by atoms with van der Waals surface area (Å²) in [5, 5.41) is 13.3. The number of nitrogens with one attached hydrogen (secondary N) is 1. The Morgan fingerprint density at radius 3 is 1.87 bits per heavy atom. The summed E-state index contributed by atoms with van der Waals surface area (Å²) in [6.07, 6.45) is 0. The van der Waals surface area contributed by atoms with Gasteiger partial charge < -0.3 is 10.1 Å². The molecule has 1 saturated heterocycles. The molecule has 10 heteroatoms. The molecule has 0 aromatic heterocycles. The van der Waals surface area contributed by atoms with Crippen molar-refractivity contribution < 1.29 is 28.8 Å². The Labute approximate surface area is 216 Å². The van der Waals surface area contributed by atoms with E-state index >= 15 is 0 Å². The number of non-ortho nitro benzene ring substituents is 1. The van der Waals surface area contributed by atoms with Crippen molar-refractivity contribution in [1.82, 2.24) is 4.90 Å². The third-order valence-corrected chi connectivity index (χ3v) is 7.53. The maximum atomic E-state index is 13.5. The first kappa shape index (κ1) is 23.5. The Morgan fingerprint density at radius 1 is 0.842 bits per heavy atom. The second-order valence-electron chi connectivity index (χ2n) is 9.54. The van der Waals surface area contributed by atoms with Crippen molar-refractivity contribution in [2.75, 3.05) is 18.5 Å². The van der Waals surface area contributed by atoms with E-state index in [0.717, 1.165) is 27.2 Å². The largest absolute Gasteiger partial charge is 0.454 e. The summed E-state index contributed by atoms with van der Waals surface area (Å²) in [5.41, 5.74) is 4.08. The number of nitro benzene ring substituents is 1. The van der Waals surface area contributed by atoms with Gasteiger partial charge in [0.1, 0.15) is 6.54 Å². The zero-order chi connectivity index (χ0) is 26.6. The molecule has 3 aromatic rings. The van der Waals surface area contributed by atoms with Gasteiger partial charge in [-0.05, 0) is 28.3 Å². The van der Waals surface area contributed by atoms with Crippen LogP contribution in [0.3, 0.4) is 0 Å². The molecule has 3 amide bonds. The van der Waals surface area contributed by atoms with Crippen LogP contribution < -0.4 is 5.32 Å². The molecule has 2 atom stereocenters. The number of ether oxygens (including phenoxy) is 1. The average molecular weight is 511 g/mol. The van der Waals surface area contributed by atoms with Gasteiger partial charge in [0.25, 0.3) is 11.6 Å². The number of hydrogen-bond acceptors (Lipinski definition) is 7. The number of carbonyl (C=O) groups is 4. The molecule has 7 rings (SSSR count). The molecule has 1 fully saturated rings. The summed E-state index contributed by atoms with van der Waals surface area (Å²) >= 11 is 0. The van der Waals surface area contributed by atoms with Gasteiger partial charge in [0.15, 0.2) is 6.61 Å². The Kier molecular flexibility index (Phi) is 5.52. The molecule has 1 aliphatic heterocycles. The lowest BCUT2D eigenvalue weighted by Crippen LogP contribution is -2.41. The molecule has 4 aliphatic rings. The number of likely N-dealkylation sites (tertiary alicyclic amines) is 1. The molecule has 0 saturated carbocycles. The van der Waals surface area contributed by atoms with Crippen LogP contribution >= 0.6 is 0 Å². The lowest BCUT2D eigenvalue weighted by Gasteiger charge is -2.45. The highest BCUT2D eigenvalue weighted by molar-refractivity contribution is 6.09. The highest BCUT2D eigenvalue weighted by atomic mass is 16.6. The first-order valence-corrected chi connectivity index (χ1v) is 12.1. The van der Waals surface area contributed by atoms with Crippen molar-refractivity contribution in [2.45, 2.75) is 11.8 Å². The fraction of sp³-hybridized carbons (Fsp3) is 0.214. The molecule has 0 spiro atoms. The predicted molar refractivity (Wildman–Crippen MR) is 133 cm³/mol. The fourth-order valence-corrected chi connectivity index (χ4v) is 6.11. The molecular weight excluding hydrogens is 490 g/mol. The number of nitro groups is 1. The topological polar surface area (TPSA) is 136 Å². The summed E-state index contributed by atoms with van der Waals surface area (Å²) in [7, 11) is 0. The number of carbonyl (C=O) groups excluding carboxylic acids is 4. The molecule has 3 aliphatic carbocycles. The summed E-state index contributed by atoms with van der Waals surface area (Å²) < 4.78 is 5.03. The number of imide groups is 1. The van der Waals surface area contributed by atoms with Crippen molar-refractivity contribution in [1.29, 1.82) is 0 Å². The molecule has 0 unspecified atom stereocenters. The van der Waals surface area contributed by atoms with Gasteiger partial charge in [-0.25, -0.2) is 0 Å². The predicted octanol–water partition coefficient (Wildman–Crippen LogP) is 2.97. The van der Waals surface area contributed by atoms with E-state index in [1.807, 2.05) is 48.5 Å². The van der Waals surface area contributed by atoms with Crippen LogP contribution in [0.2, 0.25) is 0 Å². The molecule has 38 heavy (non-hydrogen) atoms. The van der Waals surface area contributed by atoms with Crippen molar-refractivity contribution >= 4 is 35.1 Å². The SMILES string of the molecule is O=C(COC(=O)CN1C(=O)[C@@H]2C3c4ccccc4C(c4ccccc43)[C@@H]2C1=O)Nc1cccc([N+](=O)[O-])c1. The minimum atomic E-state index is -0.901. The highest BCUT2D eigenvalue weighted by Gasteiger charge is 2.61. The normalized spacial score (nSPS) is 22.4. The van der Waals surface area contributed by atoms with Crippen LogP contribution in [0.1, 0.15) is 34.1 Å². The van der Waals surface area contributed by atoms with Crippen molar-refractivity contribution in [2.24, 2.45) is 11.8 Å². The first-order valence-electron chi connectivity index (χ1n) is 12.1. The third kappa shape index (κ3) is 3.64. The van der Waals surface area contributed by atoms with E-state index in [1.165, 1.54) is 24.3 Å². The number of amides is 3. The number of hydrogen-bond donors (Lipinski definition) is 1. The summed E-state index contributed by atoms with van der Waals surface area (Å²) in [4.78, 5) is 63.1. The molecular formula is C28H21N3O7. The van der Waals surface area contributed by atoms with E-state index in [-0.39, 0.29) is 23.2 Å². The van der Waals surface area contributed by atoms with Crippen molar-refractivity contribution in [3.63, 3.8) is 0 Å². The van der Waals surface area contributed by atoms with E-state index < -0.39 is 53.6 Å². The number of anilines is 1. The van der Waals surface area contributed by atoms with Gasteiger partial charge in [0.2, 0.25) is 11.8 Å². The van der Waals surface area contributed by atoms with Crippen LogP contribution in [0.5, 0.6) is 0 Å². The van der Waals surface area contributed by atoms with Crippen LogP contribution in [-0.2, 0) is 23.9 Å². The van der Waals surface area contributed by atoms with E-state index in [1.54, 1.807) is 0 Å². The minimum Gasteiger partial charge on any atom is -0.454 e. The van der Waals surface area contributed by atoms with Crippen LogP contribution in [0, 0.1) is 22.0 Å². The zero-order valence-corrected chi connectivity index (χ0v) is 19.9. The lowest BCUT2D eigenvalue weighted by molar-refractivity contribution is -0.384. The Hall–Kier alpha value is -4.86. The van der Waals surface area contributed by atoms with Crippen LogP contribution in [0.15, 0.2) is 72.8 Å². The van der Waals surface area contributed by atoms with Gasteiger partial charge in [-0.2, -0.15) is 0 Å². The van der Waals surface area contributed by atoms with Crippen LogP contribution in [-0.4, -0.2) is 46.7 Å². The average Bonchev–Trinajstić information content (AvgIpc) is 3.17. The van der Waals surface area contributed by atoms with Gasteiger partial charge in [0.05, 0.1) is 16.8 Å². The molecule has 10 nitrogen and oxygen atoms in total. The molecule has 0 radical (unpaired) electrons. The summed E-state index contributed by atoms with van der Waals surface area (Å²) in [6, 6.07) is 21.0. The highest BCUT2D eigenvalue weighted by Crippen LogP contribution is 2.60. The maximum absolute atomic E-state index is 13.5. The monoisotopic (exact) mass is 511 g/mol. The molecule has 1 heterocycles. The minimum absolute atomic E-state index is 0.170. The van der Waals surface area contributed by atoms with Gasteiger partial charge in [-0.3, -0.25) is 34.2 Å². The second kappa shape index (κ2) is 8.91. The quantitative estimate of drug-likeness (QED) is 0.233. The first-order chi connectivity index (χ1) is 18.3. The molecule has 190 valence electrons. The molecule has 3 aromatic carbocycles. The summed E-state index contributed by atoms with van der Waals surface area (Å²) in [6.45, 7) is -1.27. The third-order valence-electron chi connectivity index (χ3n) is 7.53. The zero-order valence-electron chi connectivity index (χ0n) is 19.9. The lowest BCUT2D eigenvalue weighted by atomic mass is 9.55. The maximum Gasteiger partial charge on any atom is 0.326 e. The van der Waals surface area contributed by atoms with Gasteiger partial charge in [-0.15, -0.1) is 0 Å². The Bertz CT molecular complexity index is 1420. The van der Waals surface area contributed by atoms with Gasteiger partial charge in [-0.1, -0.05) is 54.6 Å². The number of esters is 1. The number of rotatable bonds is 6. The Balaban J connectivity index is 1.16. The van der Waals surface area contributed by atoms with Gasteiger partial charge in [0, 0.05) is 29.7 Å². The molecule has 1 N–H and O–H groups in total. The van der Waals surface area contributed by atoms with Crippen LogP contribution in [0.4, 0.5) is 11.4 Å². The van der Waals surface area contributed by atoms with Gasteiger partial charge >= 0.3 is 5.97 Å². The molecule has 2 bridgehead atoms.